The molecule has 1 saturated heterocycles. The molecule has 1 fully saturated rings. The summed E-state index contributed by atoms with van der Waals surface area (Å²) in [5.41, 5.74) is 5.69. The minimum absolute atomic E-state index is 0.0851. The predicted octanol–water partition coefficient (Wildman–Crippen LogP) is 1.68. The third-order valence-electron chi connectivity index (χ3n) is 4.60. The fourth-order valence-electron chi connectivity index (χ4n) is 3.35. The molecule has 6 nitrogen and oxygen atoms in total. The molecule has 1 heterocycles. The van der Waals surface area contributed by atoms with Crippen molar-refractivity contribution in [3.8, 4) is 5.75 Å². The van der Waals surface area contributed by atoms with Crippen LogP contribution >= 0.6 is 0 Å². The summed E-state index contributed by atoms with van der Waals surface area (Å²) in [6.45, 7) is 0. The lowest BCUT2D eigenvalue weighted by atomic mass is 9.90. The lowest BCUT2D eigenvalue weighted by molar-refractivity contribution is -0.121. The first-order chi connectivity index (χ1) is 11.5. The maximum Gasteiger partial charge on any atom is 0.240 e. The molecular formula is C17H22N2O4S. The number of amides is 1. The molecule has 7 heteroatoms. The number of methoxy groups -OCH3 is 1. The average molecular weight is 350 g/mol. The van der Waals surface area contributed by atoms with E-state index in [4.69, 9.17) is 4.74 Å². The zero-order valence-electron chi connectivity index (χ0n) is 13.7. The Morgan fingerprint density at radius 2 is 2.21 bits per heavy atom. The fraction of sp³-hybridized carbons (Fsp3) is 0.529. The van der Waals surface area contributed by atoms with E-state index in [0.29, 0.717) is 6.42 Å². The second-order valence-corrected chi connectivity index (χ2v) is 8.67. The lowest BCUT2D eigenvalue weighted by Crippen LogP contribution is -2.24. The van der Waals surface area contributed by atoms with Crippen molar-refractivity contribution in [2.75, 3.05) is 18.6 Å². The Kier molecular flexibility index (Phi) is 4.89. The van der Waals surface area contributed by atoms with Gasteiger partial charge in [-0.05, 0) is 55.4 Å². The van der Waals surface area contributed by atoms with Crippen LogP contribution in [0.25, 0.3) is 0 Å². The van der Waals surface area contributed by atoms with Crippen molar-refractivity contribution in [2.24, 2.45) is 11.0 Å². The molecule has 1 aromatic carbocycles. The minimum atomic E-state index is -2.95. The lowest BCUT2D eigenvalue weighted by Gasteiger charge is -2.18. The van der Waals surface area contributed by atoms with E-state index >= 15 is 0 Å². The van der Waals surface area contributed by atoms with Gasteiger partial charge in [0.25, 0.3) is 0 Å². The Hall–Kier alpha value is -1.89. The Bertz CT molecular complexity index is 771. The first-order valence-electron chi connectivity index (χ1n) is 8.20. The number of hydrogen-bond acceptors (Lipinski definition) is 5. The highest BCUT2D eigenvalue weighted by atomic mass is 32.2. The molecule has 1 atom stereocenters. The number of sulfone groups is 1. The molecule has 0 unspecified atom stereocenters. The van der Waals surface area contributed by atoms with Crippen molar-refractivity contribution in [2.45, 2.75) is 32.1 Å². The molecule has 0 bridgehead atoms. The minimum Gasteiger partial charge on any atom is -0.497 e. The third-order valence-corrected chi connectivity index (χ3v) is 6.44. The molecule has 2 aliphatic rings. The van der Waals surface area contributed by atoms with Gasteiger partial charge in [0.15, 0.2) is 9.84 Å². The number of rotatable bonds is 4. The first kappa shape index (κ1) is 17.0. The molecule has 1 aliphatic heterocycles. The van der Waals surface area contributed by atoms with Crippen LogP contribution < -0.4 is 10.2 Å². The summed E-state index contributed by atoms with van der Waals surface area (Å²) in [7, 11) is -1.31. The number of hydrogen-bond donors (Lipinski definition) is 1. The number of benzene rings is 1. The largest absolute Gasteiger partial charge is 0.497 e. The van der Waals surface area contributed by atoms with Crippen LogP contribution in [0.3, 0.4) is 0 Å². The van der Waals surface area contributed by atoms with Gasteiger partial charge >= 0.3 is 0 Å². The molecule has 24 heavy (non-hydrogen) atoms. The summed E-state index contributed by atoms with van der Waals surface area (Å²) >= 11 is 0. The quantitative estimate of drug-likeness (QED) is 0.837. The highest BCUT2D eigenvalue weighted by Crippen LogP contribution is 2.26. The zero-order valence-corrected chi connectivity index (χ0v) is 14.6. The first-order valence-corrected chi connectivity index (χ1v) is 10.0. The Morgan fingerprint density at radius 3 is 2.92 bits per heavy atom. The number of nitrogens with one attached hydrogen (secondary N) is 1. The molecular weight excluding hydrogens is 328 g/mol. The van der Waals surface area contributed by atoms with E-state index in [1.165, 1.54) is 5.56 Å². The van der Waals surface area contributed by atoms with E-state index in [-0.39, 0.29) is 29.8 Å². The van der Waals surface area contributed by atoms with Crippen LogP contribution in [0.2, 0.25) is 0 Å². The molecule has 130 valence electrons. The summed E-state index contributed by atoms with van der Waals surface area (Å²) in [6, 6.07) is 5.88. The monoisotopic (exact) mass is 350 g/mol. The number of ether oxygens (including phenoxy) is 1. The van der Waals surface area contributed by atoms with Gasteiger partial charge < -0.3 is 4.74 Å². The topological polar surface area (TPSA) is 84.8 Å². The van der Waals surface area contributed by atoms with Crippen LogP contribution in [0.1, 0.15) is 36.8 Å². The highest BCUT2D eigenvalue weighted by Gasteiger charge is 2.29. The Labute approximate surface area is 142 Å². The van der Waals surface area contributed by atoms with Gasteiger partial charge in [0.2, 0.25) is 5.91 Å². The standard InChI is InChI=1S/C17H22N2O4S/c1-23-14-5-6-15-13(10-14)3-2-4-16(15)18-19-17(20)9-12-7-8-24(21,22)11-12/h5-6,10,12H,2-4,7-9,11H2,1H3,(H,19,20)/b18-16-/t12-/m0/s1. The predicted molar refractivity (Wildman–Crippen MR) is 92.0 cm³/mol. The van der Waals surface area contributed by atoms with Gasteiger partial charge in [0.1, 0.15) is 5.75 Å². The molecule has 0 radical (unpaired) electrons. The van der Waals surface area contributed by atoms with Gasteiger partial charge in [-0.2, -0.15) is 5.10 Å². The van der Waals surface area contributed by atoms with Crippen LogP contribution in [0, 0.1) is 5.92 Å². The van der Waals surface area contributed by atoms with E-state index in [2.05, 4.69) is 10.5 Å². The molecule has 1 amide bonds. The number of nitrogens with zero attached hydrogens (tertiary/aromatic N) is 1. The van der Waals surface area contributed by atoms with Crippen LogP contribution in [0.4, 0.5) is 0 Å². The van der Waals surface area contributed by atoms with Crippen LogP contribution in [0.15, 0.2) is 23.3 Å². The van der Waals surface area contributed by atoms with Crippen molar-refractivity contribution in [3.05, 3.63) is 29.3 Å². The van der Waals surface area contributed by atoms with Crippen molar-refractivity contribution in [1.29, 1.82) is 0 Å². The number of fused-ring (bicyclic) bond motifs is 1. The molecule has 0 aromatic heterocycles. The summed E-state index contributed by atoms with van der Waals surface area (Å²) in [4.78, 5) is 12.0. The number of aryl methyl sites for hydroxylation is 1. The van der Waals surface area contributed by atoms with E-state index in [1.807, 2.05) is 18.2 Å². The Balaban J connectivity index is 1.64. The van der Waals surface area contributed by atoms with Crippen LogP contribution in [-0.2, 0) is 21.1 Å². The van der Waals surface area contributed by atoms with Gasteiger partial charge in [-0.3, -0.25) is 4.79 Å². The number of carbonyl (C=O) groups excluding carboxylic acids is 1. The van der Waals surface area contributed by atoms with Gasteiger partial charge in [0.05, 0.1) is 24.3 Å². The summed E-state index contributed by atoms with van der Waals surface area (Å²) < 4.78 is 28.1. The van der Waals surface area contributed by atoms with Crippen molar-refractivity contribution in [3.63, 3.8) is 0 Å². The molecule has 3 rings (SSSR count). The van der Waals surface area contributed by atoms with Crippen molar-refractivity contribution >= 4 is 21.5 Å². The number of hydrazone groups is 1. The molecule has 1 aromatic rings. The normalized spacial score (nSPS) is 23.7. The summed E-state index contributed by atoms with van der Waals surface area (Å²) in [6.07, 6.45) is 3.55. The van der Waals surface area contributed by atoms with Crippen LogP contribution in [0.5, 0.6) is 5.75 Å². The van der Waals surface area contributed by atoms with E-state index < -0.39 is 9.84 Å². The van der Waals surface area contributed by atoms with Crippen molar-refractivity contribution in [1.82, 2.24) is 5.43 Å². The summed E-state index contributed by atoms with van der Waals surface area (Å²) in [5, 5.41) is 4.29. The van der Waals surface area contributed by atoms with Gasteiger partial charge in [-0.25, -0.2) is 13.8 Å². The molecule has 0 saturated carbocycles. The van der Waals surface area contributed by atoms with Crippen LogP contribution in [-0.4, -0.2) is 38.7 Å². The second-order valence-electron chi connectivity index (χ2n) is 6.44. The maximum absolute atomic E-state index is 12.0. The van der Waals surface area contributed by atoms with Crippen molar-refractivity contribution < 1.29 is 17.9 Å². The molecule has 1 N–H and O–H groups in total. The van der Waals surface area contributed by atoms with Gasteiger partial charge in [-0.15, -0.1) is 0 Å². The molecule has 0 spiro atoms. The maximum atomic E-state index is 12.0. The average Bonchev–Trinajstić information content (AvgIpc) is 2.90. The third kappa shape index (κ3) is 3.95. The fourth-order valence-corrected chi connectivity index (χ4v) is 5.22. The van der Waals surface area contributed by atoms with E-state index in [0.717, 1.165) is 36.3 Å². The van der Waals surface area contributed by atoms with E-state index in [9.17, 15) is 13.2 Å². The van der Waals surface area contributed by atoms with Gasteiger partial charge in [-0.1, -0.05) is 0 Å². The smallest absolute Gasteiger partial charge is 0.240 e. The summed E-state index contributed by atoms with van der Waals surface area (Å²) in [5.74, 6) is 0.818. The molecule has 1 aliphatic carbocycles. The second kappa shape index (κ2) is 6.93. The Morgan fingerprint density at radius 1 is 1.38 bits per heavy atom. The van der Waals surface area contributed by atoms with Gasteiger partial charge in [0, 0.05) is 12.0 Å². The number of carbonyl (C=O) groups is 1. The zero-order chi connectivity index (χ0) is 17.2. The SMILES string of the molecule is COc1ccc2c(c1)CCC/C2=N/NC(=O)C[C@@H]1CCS(=O)(=O)C1. The highest BCUT2D eigenvalue weighted by molar-refractivity contribution is 7.91. The van der Waals surface area contributed by atoms with E-state index in [1.54, 1.807) is 7.11 Å².